The fraction of sp³-hybridized carbons (Fsp3) is 1.00. The van der Waals surface area contributed by atoms with Gasteiger partial charge in [0, 0.05) is 19.6 Å². The Morgan fingerprint density at radius 3 is 2.55 bits per heavy atom. The van der Waals surface area contributed by atoms with Crippen molar-refractivity contribution in [1.82, 2.24) is 9.80 Å². The van der Waals surface area contributed by atoms with Crippen LogP contribution in [0, 0.1) is 23.7 Å². The van der Waals surface area contributed by atoms with Gasteiger partial charge in [0.1, 0.15) is 0 Å². The van der Waals surface area contributed by atoms with Crippen LogP contribution in [0.25, 0.3) is 0 Å². The van der Waals surface area contributed by atoms with Crippen molar-refractivity contribution in [3.8, 4) is 0 Å². The van der Waals surface area contributed by atoms with Crippen LogP contribution in [0.5, 0.6) is 0 Å². The van der Waals surface area contributed by atoms with Crippen molar-refractivity contribution in [2.45, 2.75) is 45.6 Å². The number of aliphatic hydroxyl groups excluding tert-OH is 1. The largest absolute Gasteiger partial charge is 0.393 e. The Morgan fingerprint density at radius 2 is 1.95 bits per heavy atom. The topological polar surface area (TPSA) is 26.7 Å². The van der Waals surface area contributed by atoms with Gasteiger partial charge in [-0.2, -0.15) is 0 Å². The van der Waals surface area contributed by atoms with Crippen LogP contribution >= 0.6 is 0 Å². The molecule has 1 heterocycles. The van der Waals surface area contributed by atoms with Crippen LogP contribution in [0.2, 0.25) is 0 Å². The monoisotopic (exact) mass is 282 g/mol. The van der Waals surface area contributed by atoms with E-state index < -0.39 is 0 Å². The molecule has 1 aliphatic carbocycles. The Morgan fingerprint density at radius 1 is 1.20 bits per heavy atom. The molecular weight excluding hydrogens is 248 g/mol. The Hall–Kier alpha value is -0.120. The van der Waals surface area contributed by atoms with Crippen molar-refractivity contribution in [2.75, 3.05) is 40.3 Å². The quantitative estimate of drug-likeness (QED) is 0.838. The van der Waals surface area contributed by atoms with Gasteiger partial charge < -0.3 is 14.9 Å². The van der Waals surface area contributed by atoms with Crippen molar-refractivity contribution in [3.63, 3.8) is 0 Å². The lowest BCUT2D eigenvalue weighted by Crippen LogP contribution is -2.40. The van der Waals surface area contributed by atoms with Crippen LogP contribution in [0.1, 0.15) is 39.5 Å². The first-order valence-electron chi connectivity index (χ1n) is 8.50. The van der Waals surface area contributed by atoms with Gasteiger partial charge in [-0.3, -0.25) is 0 Å². The Balaban J connectivity index is 1.78. The van der Waals surface area contributed by atoms with Crippen molar-refractivity contribution < 1.29 is 5.11 Å². The second-order valence-corrected chi connectivity index (χ2v) is 7.78. The normalized spacial score (nSPS) is 36.1. The number of rotatable bonds is 5. The number of likely N-dealkylation sites (tertiary alicyclic amines) is 1. The third-order valence-corrected chi connectivity index (χ3v) is 5.53. The molecule has 0 aromatic rings. The van der Waals surface area contributed by atoms with Crippen LogP contribution in [-0.4, -0.2) is 61.3 Å². The van der Waals surface area contributed by atoms with Gasteiger partial charge in [-0.05, 0) is 70.0 Å². The third kappa shape index (κ3) is 4.44. The van der Waals surface area contributed by atoms with Crippen LogP contribution in [0.15, 0.2) is 0 Å². The van der Waals surface area contributed by atoms with Crippen LogP contribution in [0.4, 0.5) is 0 Å². The Labute approximate surface area is 125 Å². The molecule has 2 fully saturated rings. The van der Waals surface area contributed by atoms with Crippen LogP contribution in [0.3, 0.4) is 0 Å². The minimum atomic E-state index is -0.0706. The fourth-order valence-corrected chi connectivity index (χ4v) is 4.18. The molecule has 0 aromatic heterocycles. The highest BCUT2D eigenvalue weighted by Crippen LogP contribution is 2.34. The average Bonchev–Trinajstić information content (AvgIpc) is 2.77. The maximum atomic E-state index is 10.3. The highest BCUT2D eigenvalue weighted by atomic mass is 16.3. The molecule has 3 nitrogen and oxygen atoms in total. The zero-order valence-electron chi connectivity index (χ0n) is 13.9. The molecule has 0 aromatic carbocycles. The molecule has 20 heavy (non-hydrogen) atoms. The first kappa shape index (κ1) is 16.3. The highest BCUT2D eigenvalue weighted by Gasteiger charge is 2.31. The molecule has 1 saturated carbocycles. The molecule has 118 valence electrons. The number of hydrogen-bond acceptors (Lipinski definition) is 3. The summed E-state index contributed by atoms with van der Waals surface area (Å²) in [7, 11) is 4.46. The van der Waals surface area contributed by atoms with E-state index >= 15 is 0 Å². The number of nitrogens with zero attached hydrogens (tertiary/aromatic N) is 2. The van der Waals surface area contributed by atoms with E-state index in [4.69, 9.17) is 0 Å². The predicted molar refractivity (Wildman–Crippen MR) is 84.8 cm³/mol. The molecule has 4 unspecified atom stereocenters. The Kier molecular flexibility index (Phi) is 5.88. The summed E-state index contributed by atoms with van der Waals surface area (Å²) in [5, 5.41) is 10.3. The highest BCUT2D eigenvalue weighted by molar-refractivity contribution is 4.84. The summed E-state index contributed by atoms with van der Waals surface area (Å²) < 4.78 is 0. The lowest BCUT2D eigenvalue weighted by atomic mass is 9.74. The number of hydrogen-bond donors (Lipinski definition) is 1. The van der Waals surface area contributed by atoms with E-state index in [9.17, 15) is 5.11 Å². The van der Waals surface area contributed by atoms with Gasteiger partial charge in [0.2, 0.25) is 0 Å². The molecule has 0 radical (unpaired) electrons. The van der Waals surface area contributed by atoms with Gasteiger partial charge in [0.15, 0.2) is 0 Å². The fourth-order valence-electron chi connectivity index (χ4n) is 4.18. The van der Waals surface area contributed by atoms with Gasteiger partial charge in [0.25, 0.3) is 0 Å². The van der Waals surface area contributed by atoms with Crippen molar-refractivity contribution in [1.29, 1.82) is 0 Å². The zero-order valence-corrected chi connectivity index (χ0v) is 13.9. The summed E-state index contributed by atoms with van der Waals surface area (Å²) in [5.41, 5.74) is 0. The van der Waals surface area contributed by atoms with Crippen molar-refractivity contribution >= 4 is 0 Å². The molecule has 2 rings (SSSR count). The molecule has 3 heteroatoms. The van der Waals surface area contributed by atoms with E-state index in [0.29, 0.717) is 5.92 Å². The predicted octanol–water partition coefficient (Wildman–Crippen LogP) is 2.30. The SMILES string of the molecule is CC(C)C1CCC(O)C(CN(C)CC2CCN(C)C2)C1. The molecule has 4 atom stereocenters. The van der Waals surface area contributed by atoms with Gasteiger partial charge in [-0.1, -0.05) is 13.8 Å². The van der Waals surface area contributed by atoms with Gasteiger partial charge in [-0.25, -0.2) is 0 Å². The van der Waals surface area contributed by atoms with E-state index in [1.165, 1.54) is 38.9 Å². The van der Waals surface area contributed by atoms with Gasteiger partial charge in [-0.15, -0.1) is 0 Å². The summed E-state index contributed by atoms with van der Waals surface area (Å²) in [6.07, 6.45) is 4.70. The molecule has 0 amide bonds. The summed E-state index contributed by atoms with van der Waals surface area (Å²) in [6.45, 7) is 9.42. The second-order valence-electron chi connectivity index (χ2n) is 7.78. The first-order valence-corrected chi connectivity index (χ1v) is 8.50. The van der Waals surface area contributed by atoms with E-state index in [2.05, 4.69) is 37.7 Å². The Bertz CT molecular complexity index is 295. The van der Waals surface area contributed by atoms with Crippen LogP contribution in [-0.2, 0) is 0 Å². The summed E-state index contributed by atoms with van der Waals surface area (Å²) in [4.78, 5) is 4.91. The van der Waals surface area contributed by atoms with E-state index in [-0.39, 0.29) is 6.10 Å². The summed E-state index contributed by atoms with van der Waals surface area (Å²) in [6, 6.07) is 0. The zero-order chi connectivity index (χ0) is 14.7. The third-order valence-electron chi connectivity index (χ3n) is 5.53. The maximum absolute atomic E-state index is 10.3. The van der Waals surface area contributed by atoms with Crippen LogP contribution < -0.4 is 0 Å². The summed E-state index contributed by atoms with van der Waals surface area (Å²) >= 11 is 0. The van der Waals surface area contributed by atoms with Gasteiger partial charge in [0.05, 0.1) is 6.10 Å². The first-order chi connectivity index (χ1) is 9.45. The van der Waals surface area contributed by atoms with Gasteiger partial charge >= 0.3 is 0 Å². The minimum Gasteiger partial charge on any atom is -0.393 e. The lowest BCUT2D eigenvalue weighted by Gasteiger charge is -2.37. The lowest BCUT2D eigenvalue weighted by molar-refractivity contribution is 0.0206. The maximum Gasteiger partial charge on any atom is 0.0580 e. The van der Waals surface area contributed by atoms with E-state index in [1.807, 2.05) is 0 Å². The smallest absolute Gasteiger partial charge is 0.0580 e. The molecule has 1 aliphatic heterocycles. The molecule has 1 N–H and O–H groups in total. The van der Waals surface area contributed by atoms with E-state index in [1.54, 1.807) is 0 Å². The minimum absolute atomic E-state index is 0.0706. The van der Waals surface area contributed by atoms with E-state index in [0.717, 1.165) is 30.7 Å². The molecule has 0 bridgehead atoms. The second kappa shape index (κ2) is 7.24. The molecular formula is C17H34N2O. The summed E-state index contributed by atoms with van der Waals surface area (Å²) in [5.74, 6) is 2.89. The average molecular weight is 282 g/mol. The van der Waals surface area contributed by atoms with Crippen molar-refractivity contribution in [2.24, 2.45) is 23.7 Å². The molecule has 1 saturated heterocycles. The van der Waals surface area contributed by atoms with Crippen molar-refractivity contribution in [3.05, 3.63) is 0 Å². The molecule has 0 spiro atoms. The number of aliphatic hydroxyl groups is 1. The standard InChI is InChI=1S/C17H34N2O/c1-13(2)15-5-6-17(20)16(9-15)12-19(4)11-14-7-8-18(3)10-14/h13-17,20H,5-12H2,1-4H3. The molecule has 2 aliphatic rings.